The summed E-state index contributed by atoms with van der Waals surface area (Å²) in [5.74, 6) is 4.50. The molecule has 0 radical (unpaired) electrons. The van der Waals surface area contributed by atoms with E-state index in [1.807, 2.05) is 0 Å². The summed E-state index contributed by atoms with van der Waals surface area (Å²) in [6.45, 7) is 0.133. The molecule has 1 fully saturated rings. The normalized spacial score (nSPS) is 20.2. The molecule has 2 N–H and O–H groups in total. The van der Waals surface area contributed by atoms with E-state index in [2.05, 4.69) is 27.5 Å². The van der Waals surface area contributed by atoms with E-state index in [-0.39, 0.29) is 55.0 Å². The molecule has 0 unspecified atom stereocenters. The van der Waals surface area contributed by atoms with Crippen LogP contribution in [0.3, 0.4) is 0 Å². The lowest BCUT2D eigenvalue weighted by Crippen LogP contribution is -2.45. The highest BCUT2D eigenvalue weighted by atomic mass is 127. The number of aliphatic imine (C=N–C) groups is 1. The minimum Gasteiger partial charge on any atom is -0.354 e. The summed E-state index contributed by atoms with van der Waals surface area (Å²) < 4.78 is 76.1. The number of benzene rings is 1. The first-order valence-corrected chi connectivity index (χ1v) is 8.79. The Bertz CT molecular complexity index is 741. The van der Waals surface area contributed by atoms with Crippen molar-refractivity contribution in [1.82, 2.24) is 10.6 Å². The SMILES string of the molecule is CN=C(NCC#Cc1cccc(C(F)(F)F)c1)NC1CCC(C(F)(F)F)CC1.I. The van der Waals surface area contributed by atoms with Gasteiger partial charge in [0, 0.05) is 18.7 Å². The highest BCUT2D eigenvalue weighted by Crippen LogP contribution is 2.37. The van der Waals surface area contributed by atoms with Crippen molar-refractivity contribution in [2.24, 2.45) is 10.9 Å². The van der Waals surface area contributed by atoms with Crippen molar-refractivity contribution in [1.29, 1.82) is 0 Å². The number of guanidine groups is 1. The number of rotatable bonds is 2. The van der Waals surface area contributed by atoms with Gasteiger partial charge in [-0.05, 0) is 43.9 Å². The van der Waals surface area contributed by atoms with Crippen LogP contribution in [0.1, 0.15) is 36.8 Å². The summed E-state index contributed by atoms with van der Waals surface area (Å²) in [4.78, 5) is 4.00. The maximum atomic E-state index is 12.7. The highest BCUT2D eigenvalue weighted by molar-refractivity contribution is 14.0. The Hall–Kier alpha value is -1.64. The molecule has 1 saturated carbocycles. The van der Waals surface area contributed by atoms with E-state index in [0.29, 0.717) is 18.8 Å². The van der Waals surface area contributed by atoms with Gasteiger partial charge >= 0.3 is 12.4 Å². The Kier molecular flexibility index (Phi) is 9.58. The van der Waals surface area contributed by atoms with Crippen LogP contribution in [0.4, 0.5) is 26.3 Å². The number of nitrogens with one attached hydrogen (secondary N) is 2. The van der Waals surface area contributed by atoms with E-state index in [1.54, 1.807) is 0 Å². The molecule has 0 heterocycles. The summed E-state index contributed by atoms with van der Waals surface area (Å²) in [5, 5.41) is 5.95. The average Bonchev–Trinajstić information content (AvgIpc) is 2.63. The van der Waals surface area contributed by atoms with Crippen molar-refractivity contribution in [3.05, 3.63) is 35.4 Å². The van der Waals surface area contributed by atoms with Crippen LogP contribution in [0, 0.1) is 17.8 Å². The number of halogens is 7. The first-order chi connectivity index (χ1) is 13.1. The Morgan fingerprint density at radius 2 is 1.76 bits per heavy atom. The highest BCUT2D eigenvalue weighted by Gasteiger charge is 2.41. The van der Waals surface area contributed by atoms with Gasteiger partial charge < -0.3 is 10.6 Å². The quantitative estimate of drug-likeness (QED) is 0.186. The maximum absolute atomic E-state index is 12.7. The fourth-order valence-corrected chi connectivity index (χ4v) is 3.00. The molecule has 0 amide bonds. The molecule has 1 aliphatic carbocycles. The van der Waals surface area contributed by atoms with Crippen molar-refractivity contribution in [2.75, 3.05) is 13.6 Å². The molecular formula is C19H22F6IN3. The molecule has 3 nitrogen and oxygen atoms in total. The van der Waals surface area contributed by atoms with Gasteiger partial charge in [-0.2, -0.15) is 26.3 Å². The fraction of sp³-hybridized carbons (Fsp3) is 0.526. The predicted octanol–water partition coefficient (Wildman–Crippen LogP) is 4.96. The van der Waals surface area contributed by atoms with Crippen LogP contribution in [0.5, 0.6) is 0 Å². The molecule has 0 atom stereocenters. The van der Waals surface area contributed by atoms with Crippen molar-refractivity contribution < 1.29 is 26.3 Å². The van der Waals surface area contributed by atoms with Gasteiger partial charge in [-0.15, -0.1) is 24.0 Å². The smallest absolute Gasteiger partial charge is 0.354 e. The van der Waals surface area contributed by atoms with Crippen LogP contribution in [0.15, 0.2) is 29.3 Å². The van der Waals surface area contributed by atoms with Crippen molar-refractivity contribution in [3.8, 4) is 11.8 Å². The third kappa shape index (κ3) is 8.32. The lowest BCUT2D eigenvalue weighted by molar-refractivity contribution is -0.182. The van der Waals surface area contributed by atoms with Gasteiger partial charge in [-0.3, -0.25) is 4.99 Å². The topological polar surface area (TPSA) is 36.4 Å². The van der Waals surface area contributed by atoms with Crippen LogP contribution < -0.4 is 10.6 Å². The minimum absolute atomic E-state index is 0. The number of hydrogen-bond acceptors (Lipinski definition) is 1. The predicted molar refractivity (Wildman–Crippen MR) is 110 cm³/mol. The summed E-state index contributed by atoms with van der Waals surface area (Å²) >= 11 is 0. The van der Waals surface area contributed by atoms with E-state index in [0.717, 1.165) is 12.1 Å². The molecule has 1 aromatic rings. The van der Waals surface area contributed by atoms with Gasteiger partial charge in [-0.1, -0.05) is 17.9 Å². The molecule has 162 valence electrons. The average molecular weight is 533 g/mol. The maximum Gasteiger partial charge on any atom is 0.416 e. The molecule has 0 saturated heterocycles. The lowest BCUT2D eigenvalue weighted by atomic mass is 9.85. The largest absolute Gasteiger partial charge is 0.416 e. The molecule has 10 heteroatoms. The molecular weight excluding hydrogens is 511 g/mol. The Balaban J connectivity index is 0.00000420. The first-order valence-electron chi connectivity index (χ1n) is 8.79. The molecule has 0 aliphatic heterocycles. The van der Waals surface area contributed by atoms with Gasteiger partial charge in [0.25, 0.3) is 0 Å². The fourth-order valence-electron chi connectivity index (χ4n) is 3.00. The summed E-state index contributed by atoms with van der Waals surface area (Å²) in [6, 6.07) is 4.61. The van der Waals surface area contributed by atoms with E-state index >= 15 is 0 Å². The van der Waals surface area contributed by atoms with Crippen molar-refractivity contribution in [2.45, 2.75) is 44.1 Å². The van der Waals surface area contributed by atoms with Gasteiger partial charge in [0.15, 0.2) is 5.96 Å². The van der Waals surface area contributed by atoms with Crippen molar-refractivity contribution in [3.63, 3.8) is 0 Å². The Labute approximate surface area is 182 Å². The van der Waals surface area contributed by atoms with Crippen LogP contribution in [0.25, 0.3) is 0 Å². The van der Waals surface area contributed by atoms with Gasteiger partial charge in [0.05, 0.1) is 18.0 Å². The molecule has 0 spiro atoms. The lowest BCUT2D eigenvalue weighted by Gasteiger charge is -2.31. The zero-order chi connectivity index (χ0) is 20.8. The number of nitrogens with zero attached hydrogens (tertiary/aromatic N) is 1. The molecule has 0 bridgehead atoms. The third-order valence-corrected chi connectivity index (χ3v) is 4.52. The zero-order valence-electron chi connectivity index (χ0n) is 15.6. The summed E-state index contributed by atoms with van der Waals surface area (Å²) in [5.41, 5.74) is -0.524. The second-order valence-corrected chi connectivity index (χ2v) is 6.54. The van der Waals surface area contributed by atoms with Crippen LogP contribution in [-0.2, 0) is 6.18 Å². The van der Waals surface area contributed by atoms with Gasteiger partial charge in [0.1, 0.15) is 0 Å². The standard InChI is InChI=1S/C19H21F6N3.HI/c1-26-17(28-16-9-7-14(8-10-16)18(20,21)22)27-11-3-5-13-4-2-6-15(12-13)19(23,24)25;/h2,4,6,12,14,16H,7-11H2,1H3,(H2,26,27,28);1H. The number of alkyl halides is 6. The van der Waals surface area contributed by atoms with Crippen LogP contribution in [-0.4, -0.2) is 31.8 Å². The molecule has 29 heavy (non-hydrogen) atoms. The van der Waals surface area contributed by atoms with Gasteiger partial charge in [-0.25, -0.2) is 0 Å². The first kappa shape index (κ1) is 25.4. The van der Waals surface area contributed by atoms with Crippen LogP contribution in [0.2, 0.25) is 0 Å². The molecule has 0 aromatic heterocycles. The Morgan fingerprint density at radius 1 is 1.10 bits per heavy atom. The Morgan fingerprint density at radius 3 is 2.31 bits per heavy atom. The summed E-state index contributed by atoms with van der Waals surface area (Å²) in [7, 11) is 1.52. The third-order valence-electron chi connectivity index (χ3n) is 4.52. The molecule has 2 rings (SSSR count). The van der Waals surface area contributed by atoms with E-state index in [9.17, 15) is 26.3 Å². The van der Waals surface area contributed by atoms with E-state index < -0.39 is 23.8 Å². The summed E-state index contributed by atoms with van der Waals surface area (Å²) in [6.07, 6.45) is -7.64. The molecule has 1 aromatic carbocycles. The van der Waals surface area contributed by atoms with E-state index in [1.165, 1.54) is 19.2 Å². The monoisotopic (exact) mass is 533 g/mol. The molecule has 1 aliphatic rings. The van der Waals surface area contributed by atoms with E-state index in [4.69, 9.17) is 0 Å². The van der Waals surface area contributed by atoms with Gasteiger partial charge in [0.2, 0.25) is 0 Å². The van der Waals surface area contributed by atoms with Crippen molar-refractivity contribution >= 4 is 29.9 Å². The number of hydrogen-bond donors (Lipinski definition) is 2. The van der Waals surface area contributed by atoms with Crippen LogP contribution >= 0.6 is 24.0 Å². The zero-order valence-corrected chi connectivity index (χ0v) is 18.0. The second-order valence-electron chi connectivity index (χ2n) is 6.54. The second kappa shape index (κ2) is 10.9. The minimum atomic E-state index is -4.42.